The van der Waals surface area contributed by atoms with Gasteiger partial charge in [0.15, 0.2) is 0 Å². The van der Waals surface area contributed by atoms with Crippen LogP contribution in [-0.4, -0.2) is 16.1 Å². The zero-order valence-corrected chi connectivity index (χ0v) is 14.7. The third-order valence-corrected chi connectivity index (χ3v) is 6.95. The Hall–Kier alpha value is -0.763. The van der Waals surface area contributed by atoms with Crippen LogP contribution in [0.4, 0.5) is 0 Å². The Morgan fingerprint density at radius 2 is 1.75 bits per heavy atom. The second-order valence-electron chi connectivity index (χ2n) is 6.29. The molecule has 1 nitrogen and oxygen atoms in total. The van der Waals surface area contributed by atoms with Crippen LogP contribution in [0.1, 0.15) is 51.5 Å². The van der Waals surface area contributed by atoms with Crippen LogP contribution >= 0.6 is 0 Å². The van der Waals surface area contributed by atoms with Gasteiger partial charge in [-0.25, -0.2) is 0 Å². The monoisotopic (exact) mass is 290 g/mol. The topological polar surface area (TPSA) is 9.23 Å². The van der Waals surface area contributed by atoms with Crippen molar-refractivity contribution < 1.29 is 4.74 Å². The van der Waals surface area contributed by atoms with E-state index >= 15 is 0 Å². The summed E-state index contributed by atoms with van der Waals surface area (Å²) in [5, 5.41) is 0. The summed E-state index contributed by atoms with van der Waals surface area (Å²) in [5.74, 6) is 1.99. The van der Waals surface area contributed by atoms with E-state index in [0.717, 1.165) is 18.3 Å². The van der Waals surface area contributed by atoms with Gasteiger partial charge in [-0.3, -0.25) is 0 Å². The zero-order valence-electron chi connectivity index (χ0n) is 13.2. The minimum absolute atomic E-state index is 0.265. The first-order valence-electron chi connectivity index (χ1n) is 8.53. The van der Waals surface area contributed by atoms with Crippen molar-refractivity contribution in [3.05, 3.63) is 29.8 Å². The number of benzene rings is 1. The maximum absolute atomic E-state index is 5.49. The van der Waals surface area contributed by atoms with Crippen molar-refractivity contribution in [2.75, 3.05) is 6.61 Å². The van der Waals surface area contributed by atoms with Crippen molar-refractivity contribution in [2.45, 2.75) is 64.0 Å². The number of rotatable bonds is 7. The van der Waals surface area contributed by atoms with Crippen LogP contribution in [-0.2, 0) is 6.42 Å². The number of hydrogen-bond acceptors (Lipinski definition) is 1. The Morgan fingerprint density at radius 1 is 1.05 bits per heavy atom. The molecule has 0 aliphatic heterocycles. The summed E-state index contributed by atoms with van der Waals surface area (Å²) in [6, 6.07) is 10.2. The maximum atomic E-state index is 5.49. The molecule has 1 aliphatic rings. The van der Waals surface area contributed by atoms with Crippen LogP contribution in [0, 0.1) is 5.92 Å². The van der Waals surface area contributed by atoms with E-state index in [1.807, 2.05) is 6.92 Å². The van der Waals surface area contributed by atoms with Gasteiger partial charge in [0.25, 0.3) is 0 Å². The molecule has 0 amide bonds. The first kappa shape index (κ1) is 15.6. The molecule has 1 aromatic carbocycles. The summed E-state index contributed by atoms with van der Waals surface area (Å²) >= 11 is 0. The van der Waals surface area contributed by atoms with Gasteiger partial charge < -0.3 is 4.74 Å². The van der Waals surface area contributed by atoms with E-state index in [1.54, 1.807) is 0 Å². The van der Waals surface area contributed by atoms with Gasteiger partial charge in [0, 0.05) is 9.52 Å². The van der Waals surface area contributed by atoms with E-state index in [-0.39, 0.29) is 9.52 Å². The van der Waals surface area contributed by atoms with E-state index in [1.165, 1.54) is 55.7 Å². The highest BCUT2D eigenvalue weighted by Crippen LogP contribution is 2.34. The molecule has 2 rings (SSSR count). The molecule has 2 heteroatoms. The molecule has 0 unspecified atom stereocenters. The highest BCUT2D eigenvalue weighted by Gasteiger charge is 2.20. The zero-order chi connectivity index (χ0) is 14.2. The average Bonchev–Trinajstić information content (AvgIpc) is 2.49. The van der Waals surface area contributed by atoms with Crippen molar-refractivity contribution in [1.82, 2.24) is 0 Å². The van der Waals surface area contributed by atoms with Gasteiger partial charge in [0.1, 0.15) is 5.75 Å². The van der Waals surface area contributed by atoms with Crippen LogP contribution in [0.3, 0.4) is 0 Å². The van der Waals surface area contributed by atoms with Crippen molar-refractivity contribution in [3.8, 4) is 5.75 Å². The average molecular weight is 291 g/mol. The normalized spacial score (nSPS) is 23.3. The molecule has 0 atom stereocenters. The minimum atomic E-state index is 0.265. The lowest BCUT2D eigenvalue weighted by Gasteiger charge is -2.28. The molecule has 20 heavy (non-hydrogen) atoms. The Bertz CT molecular complexity index is 366. The van der Waals surface area contributed by atoms with Crippen LogP contribution in [0.25, 0.3) is 0 Å². The first-order chi connectivity index (χ1) is 9.81. The van der Waals surface area contributed by atoms with Crippen LogP contribution in [0.15, 0.2) is 24.3 Å². The lowest BCUT2D eigenvalue weighted by molar-refractivity contribution is 0.336. The van der Waals surface area contributed by atoms with E-state index in [4.69, 9.17) is 4.74 Å². The molecule has 1 saturated carbocycles. The van der Waals surface area contributed by atoms with E-state index in [2.05, 4.69) is 31.2 Å². The van der Waals surface area contributed by atoms with Gasteiger partial charge in [-0.2, -0.15) is 0 Å². The predicted molar refractivity (Wildman–Crippen MR) is 90.7 cm³/mol. The Kier molecular flexibility index (Phi) is 6.65. The van der Waals surface area contributed by atoms with Crippen LogP contribution in [0.2, 0.25) is 11.6 Å². The third kappa shape index (κ3) is 4.97. The standard InChI is InChI=1S/C18H30OSi/c1-3-19-17-11-7-15(8-12-17)5-6-16-9-13-18(14-10-16)20-4-2/h7-8,11-12,16,18H,3-6,9-10,13-14,20H2,1-2H3. The van der Waals surface area contributed by atoms with E-state index in [0.29, 0.717) is 0 Å². The molecular weight excluding hydrogens is 260 g/mol. The molecule has 0 radical (unpaired) electrons. The van der Waals surface area contributed by atoms with Crippen molar-refractivity contribution >= 4 is 9.52 Å². The molecule has 0 bridgehead atoms. The molecule has 112 valence electrons. The fraction of sp³-hybridized carbons (Fsp3) is 0.667. The number of aryl methyl sites for hydroxylation is 1. The fourth-order valence-corrected chi connectivity index (χ4v) is 5.37. The summed E-state index contributed by atoms with van der Waals surface area (Å²) in [7, 11) is 0.265. The summed E-state index contributed by atoms with van der Waals surface area (Å²) < 4.78 is 5.49. The smallest absolute Gasteiger partial charge is 0.119 e. The largest absolute Gasteiger partial charge is 0.494 e. The highest BCUT2D eigenvalue weighted by molar-refractivity contribution is 6.37. The third-order valence-electron chi connectivity index (χ3n) is 4.74. The summed E-state index contributed by atoms with van der Waals surface area (Å²) in [5.41, 5.74) is 2.64. The molecular formula is C18H30OSi. The Labute approximate surface area is 126 Å². The molecule has 0 N–H and O–H groups in total. The lowest BCUT2D eigenvalue weighted by atomic mass is 9.85. The van der Waals surface area contributed by atoms with Gasteiger partial charge in [-0.15, -0.1) is 0 Å². The highest BCUT2D eigenvalue weighted by atomic mass is 28.2. The quantitative estimate of drug-likeness (QED) is 0.667. The van der Waals surface area contributed by atoms with Gasteiger partial charge in [0.05, 0.1) is 6.61 Å². The second kappa shape index (κ2) is 8.51. The maximum Gasteiger partial charge on any atom is 0.119 e. The molecule has 0 saturated heterocycles. The van der Waals surface area contributed by atoms with Crippen LogP contribution in [0.5, 0.6) is 5.75 Å². The summed E-state index contributed by atoms with van der Waals surface area (Å²) in [4.78, 5) is 0. The summed E-state index contributed by atoms with van der Waals surface area (Å²) in [6.07, 6.45) is 8.69. The minimum Gasteiger partial charge on any atom is -0.494 e. The van der Waals surface area contributed by atoms with Crippen molar-refractivity contribution in [3.63, 3.8) is 0 Å². The second-order valence-corrected chi connectivity index (χ2v) is 9.02. The molecule has 1 aromatic rings. The Balaban J connectivity index is 1.70. The first-order valence-corrected chi connectivity index (χ1v) is 10.3. The lowest BCUT2D eigenvalue weighted by Crippen LogP contribution is -2.15. The van der Waals surface area contributed by atoms with Gasteiger partial charge in [-0.1, -0.05) is 56.3 Å². The van der Waals surface area contributed by atoms with Gasteiger partial charge in [0.2, 0.25) is 0 Å². The predicted octanol–water partition coefficient (Wildman–Crippen LogP) is 4.60. The van der Waals surface area contributed by atoms with E-state index in [9.17, 15) is 0 Å². The molecule has 1 fully saturated rings. The van der Waals surface area contributed by atoms with Crippen LogP contribution < -0.4 is 4.74 Å². The summed E-state index contributed by atoms with van der Waals surface area (Å²) in [6.45, 7) is 5.17. The molecule has 0 heterocycles. The number of hydrogen-bond donors (Lipinski definition) is 0. The molecule has 1 aliphatic carbocycles. The van der Waals surface area contributed by atoms with Gasteiger partial charge in [-0.05, 0) is 43.4 Å². The molecule has 0 aromatic heterocycles. The van der Waals surface area contributed by atoms with Crippen molar-refractivity contribution in [1.29, 1.82) is 0 Å². The van der Waals surface area contributed by atoms with Crippen molar-refractivity contribution in [2.24, 2.45) is 5.92 Å². The van der Waals surface area contributed by atoms with Gasteiger partial charge >= 0.3 is 0 Å². The molecule has 0 spiro atoms. The Morgan fingerprint density at radius 3 is 2.35 bits per heavy atom. The SMILES string of the molecule is CCOc1ccc(CCC2CCC([SiH2]CC)CC2)cc1. The fourth-order valence-electron chi connectivity index (χ4n) is 3.51. The number of ether oxygens (including phenoxy) is 1. The van der Waals surface area contributed by atoms with E-state index < -0.39 is 0 Å².